The van der Waals surface area contributed by atoms with Gasteiger partial charge >= 0.3 is 0 Å². The first-order valence-electron chi connectivity index (χ1n) is 14.5. The Morgan fingerprint density at radius 2 is 1.43 bits per heavy atom. The first kappa shape index (κ1) is 32.4. The van der Waals surface area contributed by atoms with Gasteiger partial charge < -0.3 is 10.2 Å². The predicted molar refractivity (Wildman–Crippen MR) is 171 cm³/mol. The van der Waals surface area contributed by atoms with E-state index in [1.54, 1.807) is 49.4 Å². The van der Waals surface area contributed by atoms with E-state index in [1.165, 1.54) is 29.2 Å². The van der Waals surface area contributed by atoms with E-state index in [2.05, 4.69) is 5.32 Å². The van der Waals surface area contributed by atoms with E-state index >= 15 is 0 Å². The van der Waals surface area contributed by atoms with Gasteiger partial charge in [-0.05, 0) is 74.7 Å². The van der Waals surface area contributed by atoms with Gasteiger partial charge in [-0.2, -0.15) is 0 Å². The van der Waals surface area contributed by atoms with Gasteiger partial charge in [0, 0.05) is 19.0 Å². The molecule has 0 aliphatic carbocycles. The van der Waals surface area contributed by atoms with Crippen molar-refractivity contribution >= 4 is 27.5 Å². The van der Waals surface area contributed by atoms with E-state index in [4.69, 9.17) is 0 Å². The Morgan fingerprint density at radius 1 is 0.818 bits per heavy atom. The summed E-state index contributed by atoms with van der Waals surface area (Å²) in [4.78, 5) is 29.6. The highest BCUT2D eigenvalue weighted by molar-refractivity contribution is 7.92. The molecule has 44 heavy (non-hydrogen) atoms. The molecule has 0 radical (unpaired) electrons. The fraction of sp³-hybridized carbons (Fsp3) is 0.257. The molecule has 0 aliphatic heterocycles. The number of aryl methyl sites for hydroxylation is 2. The number of hydrogen-bond acceptors (Lipinski definition) is 4. The number of halogens is 1. The van der Waals surface area contributed by atoms with Crippen molar-refractivity contribution in [2.75, 3.05) is 10.8 Å². The lowest BCUT2D eigenvalue weighted by Crippen LogP contribution is -2.54. The Hall–Kier alpha value is -4.50. The van der Waals surface area contributed by atoms with Gasteiger partial charge in [-0.15, -0.1) is 0 Å². The fourth-order valence-electron chi connectivity index (χ4n) is 5.04. The van der Waals surface area contributed by atoms with Crippen LogP contribution in [0, 0.1) is 19.7 Å². The average molecular weight is 616 g/mol. The van der Waals surface area contributed by atoms with E-state index in [-0.39, 0.29) is 29.8 Å². The van der Waals surface area contributed by atoms with E-state index in [1.807, 2.05) is 57.2 Å². The third-order valence-electron chi connectivity index (χ3n) is 7.20. The lowest BCUT2D eigenvalue weighted by atomic mass is 10.0. The summed E-state index contributed by atoms with van der Waals surface area (Å²) < 4.78 is 43.1. The maximum atomic E-state index is 14.4. The van der Waals surface area contributed by atoms with Crippen LogP contribution in [-0.2, 0) is 32.6 Å². The molecule has 0 heterocycles. The summed E-state index contributed by atoms with van der Waals surface area (Å²) in [6.45, 7) is 6.78. The van der Waals surface area contributed by atoms with Gasteiger partial charge in [0.1, 0.15) is 18.4 Å². The molecule has 0 spiro atoms. The molecule has 9 heteroatoms. The third kappa shape index (κ3) is 8.11. The monoisotopic (exact) mass is 615 g/mol. The van der Waals surface area contributed by atoms with Crippen molar-refractivity contribution in [3.63, 3.8) is 0 Å². The first-order valence-corrected chi connectivity index (χ1v) is 15.9. The number of carbonyl (C=O) groups excluding carboxylic acids is 2. The molecular weight excluding hydrogens is 577 g/mol. The Kier molecular flexibility index (Phi) is 10.5. The second kappa shape index (κ2) is 14.3. The molecule has 4 aromatic rings. The van der Waals surface area contributed by atoms with Crippen LogP contribution in [0.1, 0.15) is 36.1 Å². The Labute approximate surface area is 259 Å². The number of amides is 2. The largest absolute Gasteiger partial charge is 0.352 e. The highest BCUT2D eigenvalue weighted by Gasteiger charge is 2.35. The lowest BCUT2D eigenvalue weighted by Gasteiger charge is -2.34. The fourth-order valence-corrected chi connectivity index (χ4v) is 6.54. The Morgan fingerprint density at radius 3 is 2.02 bits per heavy atom. The highest BCUT2D eigenvalue weighted by atomic mass is 32.2. The van der Waals surface area contributed by atoms with Gasteiger partial charge in [0.05, 0.1) is 10.6 Å². The Bertz CT molecular complexity index is 1680. The topological polar surface area (TPSA) is 86.8 Å². The number of nitrogens with zero attached hydrogens (tertiary/aromatic N) is 2. The number of nitrogens with one attached hydrogen (secondary N) is 1. The highest BCUT2D eigenvalue weighted by Crippen LogP contribution is 2.28. The SMILES string of the molecule is Cc1ccc(N(CC(=O)N(Cc2ccc(F)cc2)[C@@H](Cc2ccccc2)C(=O)NC(C)C)S(=O)(=O)c2ccccc2)c(C)c1. The number of rotatable bonds is 12. The number of hydrogen-bond donors (Lipinski definition) is 1. The molecule has 4 rings (SSSR count). The van der Waals surface area contributed by atoms with Crippen LogP contribution in [0.3, 0.4) is 0 Å². The smallest absolute Gasteiger partial charge is 0.264 e. The standard InChI is InChI=1S/C35H38FN3O4S/c1-25(2)37-35(41)33(22-28-11-7-5-8-12-28)38(23-29-16-18-30(36)19-17-29)34(40)24-39(32-20-15-26(3)21-27(32)4)44(42,43)31-13-9-6-10-14-31/h5-21,25,33H,22-24H2,1-4H3,(H,37,41)/t33-/m0/s1. The van der Waals surface area contributed by atoms with Gasteiger partial charge in [0.15, 0.2) is 0 Å². The van der Waals surface area contributed by atoms with Crippen LogP contribution in [-0.4, -0.2) is 43.8 Å². The van der Waals surface area contributed by atoms with Crippen LogP contribution < -0.4 is 9.62 Å². The third-order valence-corrected chi connectivity index (χ3v) is 8.97. The minimum atomic E-state index is -4.18. The predicted octanol–water partition coefficient (Wildman–Crippen LogP) is 5.80. The van der Waals surface area contributed by atoms with Crippen molar-refractivity contribution in [2.45, 2.75) is 57.6 Å². The molecule has 0 unspecified atom stereocenters. The van der Waals surface area contributed by atoms with Crippen molar-refractivity contribution < 1.29 is 22.4 Å². The van der Waals surface area contributed by atoms with Crippen molar-refractivity contribution in [2.24, 2.45) is 0 Å². The molecule has 7 nitrogen and oxygen atoms in total. The molecule has 230 valence electrons. The van der Waals surface area contributed by atoms with E-state index in [0.29, 0.717) is 16.8 Å². The molecule has 4 aromatic carbocycles. The molecule has 0 aliphatic rings. The zero-order valence-corrected chi connectivity index (χ0v) is 26.2. The van der Waals surface area contributed by atoms with Crippen LogP contribution in [0.15, 0.2) is 108 Å². The van der Waals surface area contributed by atoms with Gasteiger partial charge in [0.25, 0.3) is 10.0 Å². The summed E-state index contributed by atoms with van der Waals surface area (Å²) >= 11 is 0. The van der Waals surface area contributed by atoms with Gasteiger partial charge in [-0.3, -0.25) is 13.9 Å². The summed E-state index contributed by atoms with van der Waals surface area (Å²) in [5, 5.41) is 2.93. The van der Waals surface area contributed by atoms with E-state index < -0.39 is 34.3 Å². The quantitative estimate of drug-likeness (QED) is 0.218. The summed E-state index contributed by atoms with van der Waals surface area (Å²) in [6.07, 6.45) is 0.196. The van der Waals surface area contributed by atoms with E-state index in [9.17, 15) is 22.4 Å². The lowest BCUT2D eigenvalue weighted by molar-refractivity contribution is -0.140. The second-order valence-electron chi connectivity index (χ2n) is 11.1. The summed E-state index contributed by atoms with van der Waals surface area (Å²) in [5.74, 6) is -1.38. The Balaban J connectivity index is 1.82. The first-order chi connectivity index (χ1) is 21.0. The molecule has 0 saturated heterocycles. The van der Waals surface area contributed by atoms with E-state index in [0.717, 1.165) is 15.4 Å². The minimum Gasteiger partial charge on any atom is -0.352 e. The summed E-state index contributed by atoms with van der Waals surface area (Å²) in [7, 11) is -4.18. The van der Waals surface area contributed by atoms with Gasteiger partial charge in [-0.1, -0.05) is 78.4 Å². The zero-order valence-electron chi connectivity index (χ0n) is 25.4. The number of benzene rings is 4. The van der Waals surface area contributed by atoms with Crippen LogP contribution in [0.25, 0.3) is 0 Å². The van der Waals surface area contributed by atoms with Crippen LogP contribution in [0.5, 0.6) is 0 Å². The number of anilines is 1. The van der Waals surface area contributed by atoms with Crippen LogP contribution >= 0.6 is 0 Å². The molecule has 0 bridgehead atoms. The van der Waals surface area contributed by atoms with Crippen molar-refractivity contribution in [1.82, 2.24) is 10.2 Å². The van der Waals surface area contributed by atoms with Gasteiger partial charge in [-0.25, -0.2) is 12.8 Å². The minimum absolute atomic E-state index is 0.0335. The van der Waals surface area contributed by atoms with Crippen molar-refractivity contribution in [3.05, 3.63) is 131 Å². The second-order valence-corrected chi connectivity index (χ2v) is 13.0. The molecular formula is C35H38FN3O4S. The van der Waals surface area contributed by atoms with Gasteiger partial charge in [0.2, 0.25) is 11.8 Å². The average Bonchev–Trinajstić information content (AvgIpc) is 2.99. The normalized spacial score (nSPS) is 12.0. The number of carbonyl (C=O) groups is 2. The van der Waals surface area contributed by atoms with Crippen LogP contribution in [0.4, 0.5) is 10.1 Å². The number of sulfonamides is 1. The van der Waals surface area contributed by atoms with Crippen LogP contribution in [0.2, 0.25) is 0 Å². The molecule has 1 atom stereocenters. The van der Waals surface area contributed by atoms with Crippen molar-refractivity contribution in [1.29, 1.82) is 0 Å². The summed E-state index contributed by atoms with van der Waals surface area (Å²) in [6, 6.07) is 27.1. The maximum Gasteiger partial charge on any atom is 0.264 e. The molecule has 1 N–H and O–H groups in total. The molecule has 0 saturated carbocycles. The molecule has 0 fully saturated rings. The van der Waals surface area contributed by atoms with Crippen molar-refractivity contribution in [3.8, 4) is 0 Å². The molecule has 2 amide bonds. The summed E-state index contributed by atoms with van der Waals surface area (Å²) in [5.41, 5.74) is 3.41. The molecule has 0 aromatic heterocycles. The maximum absolute atomic E-state index is 14.4. The zero-order chi connectivity index (χ0) is 31.9.